The van der Waals surface area contributed by atoms with Crippen molar-refractivity contribution in [3.05, 3.63) is 35.4 Å². The first-order valence-electron chi connectivity index (χ1n) is 7.02. The smallest absolute Gasteiger partial charge is 0.338 e. The van der Waals surface area contributed by atoms with E-state index in [9.17, 15) is 4.79 Å². The minimum atomic E-state index is -0.240. The molecule has 0 unspecified atom stereocenters. The van der Waals surface area contributed by atoms with E-state index in [-0.39, 0.29) is 5.97 Å². The van der Waals surface area contributed by atoms with Crippen molar-refractivity contribution >= 4 is 5.97 Å². The highest BCUT2D eigenvalue weighted by atomic mass is 16.5. The van der Waals surface area contributed by atoms with Crippen LogP contribution in [0.3, 0.4) is 0 Å². The van der Waals surface area contributed by atoms with Gasteiger partial charge in [-0.2, -0.15) is 0 Å². The monoisotopic (exact) mass is 261 g/mol. The van der Waals surface area contributed by atoms with Gasteiger partial charge in [-0.05, 0) is 30.4 Å². The van der Waals surface area contributed by atoms with Crippen LogP contribution in [0.15, 0.2) is 24.3 Å². The number of ether oxygens (including phenoxy) is 1. The maximum atomic E-state index is 11.8. The number of hydrogen-bond donors (Lipinski definition) is 0. The van der Waals surface area contributed by atoms with Crippen molar-refractivity contribution in [3.8, 4) is 0 Å². The van der Waals surface area contributed by atoms with E-state index in [0.29, 0.717) is 17.5 Å². The van der Waals surface area contributed by atoms with Gasteiger partial charge >= 0.3 is 5.97 Å². The molecule has 0 N–H and O–H groups in total. The van der Waals surface area contributed by atoms with Crippen molar-refractivity contribution in [3.63, 3.8) is 0 Å². The number of carbonyl (C=O) groups excluding carboxylic acids is 1. The van der Waals surface area contributed by atoms with Crippen LogP contribution in [-0.4, -0.2) is 30.6 Å². The van der Waals surface area contributed by atoms with Crippen LogP contribution in [-0.2, 0) is 11.3 Å². The maximum absolute atomic E-state index is 11.8. The van der Waals surface area contributed by atoms with Gasteiger partial charge in [0.25, 0.3) is 0 Å². The third-order valence-electron chi connectivity index (χ3n) is 3.46. The molecular formula is C16H23NO2. The van der Waals surface area contributed by atoms with E-state index in [0.717, 1.165) is 18.7 Å². The fourth-order valence-corrected chi connectivity index (χ4v) is 2.44. The lowest BCUT2D eigenvalue weighted by atomic mass is 10.1. The number of esters is 1. The molecule has 104 valence electrons. The van der Waals surface area contributed by atoms with Gasteiger partial charge in [0.15, 0.2) is 0 Å². The Hall–Kier alpha value is -1.35. The Kier molecular flexibility index (Phi) is 4.59. The number of methoxy groups -OCH3 is 1. The Labute approximate surface area is 115 Å². The number of rotatable bonds is 6. The molecule has 0 amide bonds. The molecule has 0 heterocycles. The van der Waals surface area contributed by atoms with E-state index < -0.39 is 0 Å². The second-order valence-electron chi connectivity index (χ2n) is 5.70. The highest BCUT2D eigenvalue weighted by Gasteiger charge is 2.29. The Balaban J connectivity index is 2.14. The predicted molar refractivity (Wildman–Crippen MR) is 76.1 cm³/mol. The molecule has 0 aliphatic heterocycles. The van der Waals surface area contributed by atoms with Gasteiger partial charge in [-0.25, -0.2) is 4.79 Å². The minimum absolute atomic E-state index is 0.240. The molecule has 3 heteroatoms. The fraction of sp³-hybridized carbons (Fsp3) is 0.562. The molecule has 1 aliphatic rings. The minimum Gasteiger partial charge on any atom is -0.465 e. The average molecular weight is 261 g/mol. The van der Waals surface area contributed by atoms with Crippen molar-refractivity contribution in [2.75, 3.05) is 13.7 Å². The lowest BCUT2D eigenvalue weighted by Crippen LogP contribution is -2.30. The zero-order valence-electron chi connectivity index (χ0n) is 12.1. The molecule has 0 spiro atoms. The van der Waals surface area contributed by atoms with Crippen LogP contribution in [0, 0.1) is 5.92 Å². The summed E-state index contributed by atoms with van der Waals surface area (Å²) in [5.74, 6) is 0.404. The second-order valence-corrected chi connectivity index (χ2v) is 5.70. The van der Waals surface area contributed by atoms with Gasteiger partial charge in [0, 0.05) is 19.1 Å². The average Bonchev–Trinajstić information content (AvgIpc) is 3.21. The summed E-state index contributed by atoms with van der Waals surface area (Å²) < 4.78 is 4.86. The molecule has 0 atom stereocenters. The third-order valence-corrected chi connectivity index (χ3v) is 3.46. The van der Waals surface area contributed by atoms with Crippen molar-refractivity contribution in [1.29, 1.82) is 0 Å². The Morgan fingerprint density at radius 2 is 2.05 bits per heavy atom. The standard InChI is InChI=1S/C16H23NO2/c1-12(2)10-17(14-8-9-14)11-13-6-4-5-7-15(13)16(18)19-3/h4-7,12,14H,8-11H2,1-3H3. The molecule has 1 aliphatic carbocycles. The molecule has 3 nitrogen and oxygen atoms in total. The summed E-state index contributed by atoms with van der Waals surface area (Å²) in [5, 5.41) is 0. The Morgan fingerprint density at radius 3 is 2.63 bits per heavy atom. The van der Waals surface area contributed by atoms with Gasteiger partial charge in [0.1, 0.15) is 0 Å². The van der Waals surface area contributed by atoms with Crippen molar-refractivity contribution in [2.24, 2.45) is 5.92 Å². The van der Waals surface area contributed by atoms with Gasteiger partial charge in [-0.3, -0.25) is 4.90 Å². The van der Waals surface area contributed by atoms with Crippen molar-refractivity contribution in [2.45, 2.75) is 39.3 Å². The van der Waals surface area contributed by atoms with Gasteiger partial charge in [-0.15, -0.1) is 0 Å². The van der Waals surface area contributed by atoms with E-state index in [4.69, 9.17) is 4.74 Å². The first-order valence-corrected chi connectivity index (χ1v) is 7.02. The van der Waals surface area contributed by atoms with Crippen LogP contribution in [0.2, 0.25) is 0 Å². The summed E-state index contributed by atoms with van der Waals surface area (Å²) in [4.78, 5) is 14.3. The quantitative estimate of drug-likeness (QED) is 0.737. The molecule has 2 rings (SSSR count). The number of benzene rings is 1. The summed E-state index contributed by atoms with van der Waals surface area (Å²) in [6.07, 6.45) is 2.57. The van der Waals surface area contributed by atoms with E-state index >= 15 is 0 Å². The van der Waals surface area contributed by atoms with E-state index in [1.165, 1.54) is 20.0 Å². The first-order chi connectivity index (χ1) is 9.11. The molecule has 1 fully saturated rings. The molecule has 1 aromatic rings. The van der Waals surface area contributed by atoms with E-state index in [1.54, 1.807) is 0 Å². The molecule has 19 heavy (non-hydrogen) atoms. The van der Waals surface area contributed by atoms with Crippen LogP contribution < -0.4 is 0 Å². The molecule has 0 aromatic heterocycles. The SMILES string of the molecule is COC(=O)c1ccccc1CN(CC(C)C)C1CC1. The fourth-order valence-electron chi connectivity index (χ4n) is 2.44. The van der Waals surface area contributed by atoms with Gasteiger partial charge in [0.05, 0.1) is 12.7 Å². The van der Waals surface area contributed by atoms with Gasteiger partial charge in [0.2, 0.25) is 0 Å². The Bertz CT molecular complexity index is 438. The highest BCUT2D eigenvalue weighted by Crippen LogP contribution is 2.29. The van der Waals surface area contributed by atoms with E-state index in [1.807, 2.05) is 24.3 Å². The molecule has 1 aromatic carbocycles. The van der Waals surface area contributed by atoms with Crippen LogP contribution in [0.5, 0.6) is 0 Å². The summed E-state index contributed by atoms with van der Waals surface area (Å²) in [6, 6.07) is 8.46. The van der Waals surface area contributed by atoms with Crippen LogP contribution in [0.4, 0.5) is 0 Å². The molecular weight excluding hydrogens is 238 g/mol. The van der Waals surface area contributed by atoms with Crippen LogP contribution >= 0.6 is 0 Å². The summed E-state index contributed by atoms with van der Waals surface area (Å²) in [6.45, 7) is 6.40. The number of hydrogen-bond acceptors (Lipinski definition) is 3. The molecule has 0 radical (unpaired) electrons. The molecule has 1 saturated carbocycles. The largest absolute Gasteiger partial charge is 0.465 e. The summed E-state index contributed by atoms with van der Waals surface area (Å²) in [7, 11) is 1.44. The zero-order chi connectivity index (χ0) is 13.8. The highest BCUT2D eigenvalue weighted by molar-refractivity contribution is 5.90. The van der Waals surface area contributed by atoms with Gasteiger partial charge < -0.3 is 4.74 Å². The lowest BCUT2D eigenvalue weighted by Gasteiger charge is -2.24. The van der Waals surface area contributed by atoms with Crippen molar-refractivity contribution < 1.29 is 9.53 Å². The first kappa shape index (κ1) is 14.1. The van der Waals surface area contributed by atoms with Crippen LogP contribution in [0.1, 0.15) is 42.6 Å². The zero-order valence-corrected chi connectivity index (χ0v) is 12.1. The Morgan fingerprint density at radius 1 is 1.37 bits per heavy atom. The maximum Gasteiger partial charge on any atom is 0.338 e. The second kappa shape index (κ2) is 6.20. The van der Waals surface area contributed by atoms with Crippen LogP contribution in [0.25, 0.3) is 0 Å². The van der Waals surface area contributed by atoms with E-state index in [2.05, 4.69) is 18.7 Å². The predicted octanol–water partition coefficient (Wildman–Crippen LogP) is 3.09. The topological polar surface area (TPSA) is 29.5 Å². The van der Waals surface area contributed by atoms with Gasteiger partial charge in [-0.1, -0.05) is 32.0 Å². The van der Waals surface area contributed by atoms with Crippen molar-refractivity contribution in [1.82, 2.24) is 4.90 Å². The third kappa shape index (κ3) is 3.80. The number of nitrogens with zero attached hydrogens (tertiary/aromatic N) is 1. The number of carbonyl (C=O) groups is 1. The molecule has 0 bridgehead atoms. The lowest BCUT2D eigenvalue weighted by molar-refractivity contribution is 0.0598. The summed E-state index contributed by atoms with van der Waals surface area (Å²) in [5.41, 5.74) is 1.77. The summed E-state index contributed by atoms with van der Waals surface area (Å²) >= 11 is 0. The molecule has 0 saturated heterocycles. The normalized spacial score (nSPS) is 15.0.